The lowest BCUT2D eigenvalue weighted by atomic mass is 9.95. The number of carbonyl (C=O) groups excluding carboxylic acids is 2. The van der Waals surface area contributed by atoms with Gasteiger partial charge in [-0.1, -0.05) is 6.92 Å². The van der Waals surface area contributed by atoms with E-state index in [9.17, 15) is 19.7 Å². The van der Waals surface area contributed by atoms with E-state index in [1.54, 1.807) is 13.8 Å². The van der Waals surface area contributed by atoms with Crippen molar-refractivity contribution in [2.24, 2.45) is 5.92 Å². The van der Waals surface area contributed by atoms with E-state index in [-0.39, 0.29) is 24.7 Å². The van der Waals surface area contributed by atoms with Crippen LogP contribution < -0.4 is 5.32 Å². The second kappa shape index (κ2) is 8.51. The third-order valence-corrected chi connectivity index (χ3v) is 5.83. The summed E-state index contributed by atoms with van der Waals surface area (Å²) in [5.41, 5.74) is 1.33. The largest absolute Gasteiger partial charge is 0.462 e. The molecular formula is C18H22N4O5S. The van der Waals surface area contributed by atoms with E-state index in [1.165, 1.54) is 22.2 Å². The highest BCUT2D eigenvalue weighted by atomic mass is 32.1. The van der Waals surface area contributed by atoms with E-state index in [2.05, 4.69) is 10.4 Å². The van der Waals surface area contributed by atoms with Gasteiger partial charge in [-0.3, -0.25) is 19.6 Å². The Kier molecular flexibility index (Phi) is 6.08. The number of hydrogen-bond donors (Lipinski definition) is 1. The molecule has 0 saturated heterocycles. The molecule has 2 aromatic heterocycles. The van der Waals surface area contributed by atoms with Gasteiger partial charge in [0, 0.05) is 4.88 Å². The number of aromatic nitrogens is 2. The highest BCUT2D eigenvalue weighted by Crippen LogP contribution is 2.38. The summed E-state index contributed by atoms with van der Waals surface area (Å²) in [4.78, 5) is 36.5. The maximum absolute atomic E-state index is 12.7. The lowest BCUT2D eigenvalue weighted by Crippen LogP contribution is -2.25. The second-order valence-corrected chi connectivity index (χ2v) is 7.81. The predicted octanol–water partition coefficient (Wildman–Crippen LogP) is 3.18. The van der Waals surface area contributed by atoms with Crippen molar-refractivity contribution in [3.63, 3.8) is 0 Å². The van der Waals surface area contributed by atoms with Crippen LogP contribution in [-0.2, 0) is 28.9 Å². The molecule has 0 radical (unpaired) electrons. The van der Waals surface area contributed by atoms with Crippen molar-refractivity contribution in [3.8, 4) is 0 Å². The summed E-state index contributed by atoms with van der Waals surface area (Å²) in [6.45, 7) is 3.92. The van der Waals surface area contributed by atoms with Gasteiger partial charge in [-0.2, -0.15) is 5.10 Å². The van der Waals surface area contributed by atoms with Crippen molar-refractivity contribution < 1.29 is 19.2 Å². The van der Waals surface area contributed by atoms with Gasteiger partial charge in [0.15, 0.2) is 0 Å². The maximum atomic E-state index is 12.7. The first kappa shape index (κ1) is 20.0. The topological polar surface area (TPSA) is 116 Å². The van der Waals surface area contributed by atoms with Crippen molar-refractivity contribution in [2.75, 3.05) is 11.9 Å². The summed E-state index contributed by atoms with van der Waals surface area (Å²) >= 11 is 1.43. The summed E-state index contributed by atoms with van der Waals surface area (Å²) in [6.07, 6.45) is 6.22. The number of nitrogens with one attached hydrogen (secondary N) is 1. The molecule has 0 fully saturated rings. The van der Waals surface area contributed by atoms with Crippen molar-refractivity contribution in [1.82, 2.24) is 9.78 Å². The Bertz CT molecular complexity index is 904. The van der Waals surface area contributed by atoms with Gasteiger partial charge in [0.1, 0.15) is 17.4 Å². The Morgan fingerprint density at radius 1 is 1.43 bits per heavy atom. The van der Waals surface area contributed by atoms with Crippen LogP contribution in [0.2, 0.25) is 0 Å². The monoisotopic (exact) mass is 406 g/mol. The number of nitrogens with zero attached hydrogens (tertiary/aromatic N) is 3. The number of rotatable bonds is 7. The van der Waals surface area contributed by atoms with Crippen LogP contribution in [0.4, 0.5) is 10.7 Å². The number of carbonyl (C=O) groups is 2. The van der Waals surface area contributed by atoms with E-state index in [0.29, 0.717) is 10.6 Å². The Labute approximate surface area is 165 Å². The number of fused-ring (bicyclic) bond motifs is 1. The fraction of sp³-hybridized carbons (Fsp3) is 0.500. The molecule has 1 amide bonds. The molecule has 2 heterocycles. The van der Waals surface area contributed by atoms with E-state index in [1.807, 2.05) is 0 Å². The average molecular weight is 406 g/mol. The summed E-state index contributed by atoms with van der Waals surface area (Å²) in [5.74, 6) is -1.18. The molecule has 1 aliphatic rings. The Morgan fingerprint density at radius 3 is 2.86 bits per heavy atom. The molecule has 9 nitrogen and oxygen atoms in total. The van der Waals surface area contributed by atoms with Crippen LogP contribution in [0.3, 0.4) is 0 Å². The summed E-state index contributed by atoms with van der Waals surface area (Å²) in [6, 6.07) is 0. The molecule has 1 atom stereocenters. The van der Waals surface area contributed by atoms with Crippen LogP contribution in [0.1, 0.15) is 47.5 Å². The Balaban J connectivity index is 1.76. The van der Waals surface area contributed by atoms with Crippen LogP contribution in [0.5, 0.6) is 0 Å². The van der Waals surface area contributed by atoms with E-state index >= 15 is 0 Å². The van der Waals surface area contributed by atoms with Crippen LogP contribution in [-0.4, -0.2) is 33.2 Å². The summed E-state index contributed by atoms with van der Waals surface area (Å²) < 4.78 is 6.56. The fourth-order valence-electron chi connectivity index (χ4n) is 3.22. The van der Waals surface area contributed by atoms with Gasteiger partial charge in [-0.25, -0.2) is 4.79 Å². The molecule has 1 N–H and O–H groups in total. The zero-order chi connectivity index (χ0) is 20.3. The highest BCUT2D eigenvalue weighted by molar-refractivity contribution is 7.17. The standard InChI is InChI=1S/C18H22N4O5S/c1-3-27-18(24)15-13-6-4-5-7-14(13)28-17(15)20-16(23)11(2)9-21-10-12(8-19-21)22(25)26/h8,10-11H,3-7,9H2,1-2H3,(H,20,23). The minimum atomic E-state index is -0.532. The molecule has 0 aliphatic heterocycles. The molecule has 3 rings (SSSR count). The normalized spacial score (nSPS) is 14.2. The molecule has 1 aliphatic carbocycles. The number of anilines is 1. The third-order valence-electron chi connectivity index (χ3n) is 4.63. The molecular weight excluding hydrogens is 384 g/mol. The SMILES string of the molecule is CCOC(=O)c1c(NC(=O)C(C)Cn2cc([N+](=O)[O-])cn2)sc2c1CCCC2. The highest BCUT2D eigenvalue weighted by Gasteiger charge is 2.28. The first-order chi connectivity index (χ1) is 13.4. The first-order valence-corrected chi connectivity index (χ1v) is 10.0. The predicted molar refractivity (Wildman–Crippen MR) is 104 cm³/mol. The van der Waals surface area contributed by atoms with E-state index < -0.39 is 16.8 Å². The first-order valence-electron chi connectivity index (χ1n) is 9.20. The van der Waals surface area contributed by atoms with Gasteiger partial charge in [0.25, 0.3) is 0 Å². The van der Waals surface area contributed by atoms with Gasteiger partial charge in [-0.15, -0.1) is 11.3 Å². The molecule has 150 valence electrons. The summed E-state index contributed by atoms with van der Waals surface area (Å²) in [5, 5.41) is 18.1. The van der Waals surface area contributed by atoms with Gasteiger partial charge in [-0.05, 0) is 38.2 Å². The third kappa shape index (κ3) is 4.22. The Hall–Kier alpha value is -2.75. The number of hydrogen-bond acceptors (Lipinski definition) is 7. The van der Waals surface area contributed by atoms with Gasteiger partial charge < -0.3 is 10.1 Å². The molecule has 2 aromatic rings. The van der Waals surface area contributed by atoms with Gasteiger partial charge in [0.05, 0.1) is 29.6 Å². The van der Waals surface area contributed by atoms with Crippen LogP contribution in [0, 0.1) is 16.0 Å². The number of nitro groups is 1. The second-order valence-electron chi connectivity index (χ2n) is 6.70. The molecule has 0 saturated carbocycles. The minimum absolute atomic E-state index is 0.122. The lowest BCUT2D eigenvalue weighted by Gasteiger charge is -2.13. The summed E-state index contributed by atoms with van der Waals surface area (Å²) in [7, 11) is 0. The van der Waals surface area contributed by atoms with E-state index in [0.717, 1.165) is 42.3 Å². The fourth-order valence-corrected chi connectivity index (χ4v) is 4.50. The van der Waals surface area contributed by atoms with Crippen LogP contribution in [0.25, 0.3) is 0 Å². The number of thiophene rings is 1. The zero-order valence-corrected chi connectivity index (χ0v) is 16.6. The smallest absolute Gasteiger partial charge is 0.341 e. The number of aryl methyl sites for hydroxylation is 1. The van der Waals surface area contributed by atoms with Gasteiger partial charge >= 0.3 is 11.7 Å². The minimum Gasteiger partial charge on any atom is -0.462 e. The molecule has 0 bridgehead atoms. The number of ether oxygens (including phenoxy) is 1. The Morgan fingerprint density at radius 2 is 2.18 bits per heavy atom. The van der Waals surface area contributed by atoms with Crippen molar-refractivity contribution in [3.05, 3.63) is 38.5 Å². The van der Waals surface area contributed by atoms with Crippen LogP contribution >= 0.6 is 11.3 Å². The molecule has 10 heteroatoms. The zero-order valence-electron chi connectivity index (χ0n) is 15.8. The van der Waals surface area contributed by atoms with E-state index in [4.69, 9.17) is 4.74 Å². The van der Waals surface area contributed by atoms with Crippen molar-refractivity contribution in [1.29, 1.82) is 0 Å². The number of amides is 1. The molecule has 1 unspecified atom stereocenters. The number of esters is 1. The van der Waals surface area contributed by atoms with Gasteiger partial charge in [0.2, 0.25) is 5.91 Å². The lowest BCUT2D eigenvalue weighted by molar-refractivity contribution is -0.385. The molecule has 0 aromatic carbocycles. The van der Waals surface area contributed by atoms with Crippen molar-refractivity contribution in [2.45, 2.75) is 46.1 Å². The average Bonchev–Trinajstić information content (AvgIpc) is 3.26. The van der Waals surface area contributed by atoms with Crippen molar-refractivity contribution >= 4 is 33.9 Å². The molecule has 0 spiro atoms. The molecule has 28 heavy (non-hydrogen) atoms. The van der Waals surface area contributed by atoms with Crippen LogP contribution in [0.15, 0.2) is 12.4 Å². The quantitative estimate of drug-likeness (QED) is 0.429. The maximum Gasteiger partial charge on any atom is 0.341 e.